The standard InChI is InChI=1S/C18H21N5O/c1-12(2)22-18(24)17-7-15-16(21-11-20-15)10-23(17)9-14-5-3-4-13(6-14)8-19/h3-6,11-12,17H,7,9-10H2,1-2H3,(H,20,21)(H,22,24)/t17-/m0/s1. The minimum Gasteiger partial charge on any atom is -0.353 e. The van der Waals surface area contributed by atoms with Gasteiger partial charge in [-0.15, -0.1) is 0 Å². The molecule has 2 heterocycles. The zero-order valence-corrected chi connectivity index (χ0v) is 13.9. The Balaban J connectivity index is 1.84. The molecule has 6 heteroatoms. The molecule has 6 nitrogen and oxygen atoms in total. The molecule has 0 fully saturated rings. The average molecular weight is 323 g/mol. The third-order valence-electron chi connectivity index (χ3n) is 4.17. The first-order chi connectivity index (χ1) is 11.6. The van der Waals surface area contributed by atoms with Gasteiger partial charge >= 0.3 is 0 Å². The lowest BCUT2D eigenvalue weighted by molar-refractivity contribution is -0.127. The van der Waals surface area contributed by atoms with Gasteiger partial charge in [0.2, 0.25) is 5.91 Å². The zero-order valence-electron chi connectivity index (χ0n) is 13.9. The molecule has 1 aliphatic rings. The summed E-state index contributed by atoms with van der Waals surface area (Å²) in [5.74, 6) is 0.0232. The monoisotopic (exact) mass is 323 g/mol. The van der Waals surface area contributed by atoms with Crippen molar-refractivity contribution in [2.75, 3.05) is 0 Å². The van der Waals surface area contributed by atoms with Crippen LogP contribution in [0.25, 0.3) is 0 Å². The SMILES string of the molecule is CC(C)NC(=O)[C@@H]1Cc2nc[nH]c2CN1Cc1cccc(C#N)c1. The smallest absolute Gasteiger partial charge is 0.237 e. The Morgan fingerprint density at radius 3 is 3.12 bits per heavy atom. The summed E-state index contributed by atoms with van der Waals surface area (Å²) in [4.78, 5) is 22.2. The quantitative estimate of drug-likeness (QED) is 0.897. The van der Waals surface area contributed by atoms with Crippen LogP contribution >= 0.6 is 0 Å². The summed E-state index contributed by atoms with van der Waals surface area (Å²) in [6.07, 6.45) is 2.28. The third-order valence-corrected chi connectivity index (χ3v) is 4.17. The molecular formula is C18H21N5O. The van der Waals surface area contributed by atoms with E-state index in [0.717, 1.165) is 17.0 Å². The molecule has 124 valence electrons. The van der Waals surface area contributed by atoms with Crippen molar-refractivity contribution in [3.63, 3.8) is 0 Å². The number of nitriles is 1. The number of benzene rings is 1. The van der Waals surface area contributed by atoms with Crippen LogP contribution in [0.2, 0.25) is 0 Å². The summed E-state index contributed by atoms with van der Waals surface area (Å²) in [6, 6.07) is 9.53. The molecule has 1 atom stereocenters. The topological polar surface area (TPSA) is 84.8 Å². The van der Waals surface area contributed by atoms with Crippen LogP contribution in [0.15, 0.2) is 30.6 Å². The van der Waals surface area contributed by atoms with Gasteiger partial charge in [-0.3, -0.25) is 9.69 Å². The van der Waals surface area contributed by atoms with Crippen molar-refractivity contribution in [3.8, 4) is 6.07 Å². The van der Waals surface area contributed by atoms with Crippen LogP contribution in [0.4, 0.5) is 0 Å². The predicted octanol–water partition coefficient (Wildman–Crippen LogP) is 1.73. The van der Waals surface area contributed by atoms with Crippen molar-refractivity contribution in [1.82, 2.24) is 20.2 Å². The summed E-state index contributed by atoms with van der Waals surface area (Å²) < 4.78 is 0. The van der Waals surface area contributed by atoms with Crippen LogP contribution < -0.4 is 5.32 Å². The molecular weight excluding hydrogens is 302 g/mol. The van der Waals surface area contributed by atoms with Crippen LogP contribution in [-0.2, 0) is 24.3 Å². The Morgan fingerprint density at radius 2 is 2.38 bits per heavy atom. The number of fused-ring (bicyclic) bond motifs is 1. The first kappa shape index (κ1) is 16.2. The Kier molecular flexibility index (Phi) is 4.63. The number of hydrogen-bond acceptors (Lipinski definition) is 4. The van der Waals surface area contributed by atoms with E-state index in [0.29, 0.717) is 25.1 Å². The van der Waals surface area contributed by atoms with Gasteiger partial charge in [-0.25, -0.2) is 4.98 Å². The largest absolute Gasteiger partial charge is 0.353 e. The molecule has 0 unspecified atom stereocenters. The Labute approximate surface area is 141 Å². The molecule has 0 spiro atoms. The van der Waals surface area contributed by atoms with Gasteiger partial charge < -0.3 is 10.3 Å². The maximum atomic E-state index is 12.6. The van der Waals surface area contributed by atoms with E-state index >= 15 is 0 Å². The van der Waals surface area contributed by atoms with Gasteiger partial charge in [0.25, 0.3) is 0 Å². The highest BCUT2D eigenvalue weighted by Gasteiger charge is 2.33. The van der Waals surface area contributed by atoms with Gasteiger partial charge in [0.05, 0.1) is 35.4 Å². The second-order valence-electron chi connectivity index (χ2n) is 6.43. The molecule has 1 aromatic carbocycles. The third kappa shape index (κ3) is 3.47. The number of amides is 1. The average Bonchev–Trinajstić information content (AvgIpc) is 3.01. The predicted molar refractivity (Wildman–Crippen MR) is 89.8 cm³/mol. The van der Waals surface area contributed by atoms with E-state index < -0.39 is 0 Å². The highest BCUT2D eigenvalue weighted by molar-refractivity contribution is 5.82. The number of nitrogens with zero attached hydrogens (tertiary/aromatic N) is 3. The van der Waals surface area contributed by atoms with E-state index in [1.807, 2.05) is 32.0 Å². The molecule has 1 amide bonds. The fourth-order valence-electron chi connectivity index (χ4n) is 3.07. The van der Waals surface area contributed by atoms with Crippen LogP contribution in [0, 0.1) is 11.3 Å². The lowest BCUT2D eigenvalue weighted by Gasteiger charge is -2.34. The number of hydrogen-bond donors (Lipinski definition) is 2. The summed E-state index contributed by atoms with van der Waals surface area (Å²) in [5.41, 5.74) is 3.68. The summed E-state index contributed by atoms with van der Waals surface area (Å²) >= 11 is 0. The molecule has 0 aliphatic carbocycles. The molecule has 0 saturated heterocycles. The van der Waals surface area contributed by atoms with Crippen LogP contribution in [0.5, 0.6) is 0 Å². The number of aromatic amines is 1. The number of H-pyrrole nitrogens is 1. The Bertz CT molecular complexity index is 774. The van der Waals surface area contributed by atoms with Crippen LogP contribution in [0.1, 0.15) is 36.4 Å². The molecule has 0 radical (unpaired) electrons. The van der Waals surface area contributed by atoms with Gasteiger partial charge in [0, 0.05) is 25.6 Å². The molecule has 3 rings (SSSR count). The lowest BCUT2D eigenvalue weighted by atomic mass is 10.00. The first-order valence-electron chi connectivity index (χ1n) is 8.11. The second kappa shape index (κ2) is 6.85. The maximum absolute atomic E-state index is 12.6. The maximum Gasteiger partial charge on any atom is 0.237 e. The van der Waals surface area contributed by atoms with E-state index in [1.54, 1.807) is 12.4 Å². The number of imidazole rings is 1. The number of carbonyl (C=O) groups excluding carboxylic acids is 1. The Morgan fingerprint density at radius 1 is 1.54 bits per heavy atom. The fraction of sp³-hybridized carbons (Fsp3) is 0.389. The van der Waals surface area contributed by atoms with Crippen molar-refractivity contribution in [2.45, 2.75) is 45.4 Å². The van der Waals surface area contributed by atoms with Gasteiger partial charge in [0.15, 0.2) is 0 Å². The molecule has 2 aromatic rings. The second-order valence-corrected chi connectivity index (χ2v) is 6.43. The van der Waals surface area contributed by atoms with E-state index in [1.165, 1.54) is 0 Å². The van der Waals surface area contributed by atoms with Gasteiger partial charge in [-0.05, 0) is 31.5 Å². The van der Waals surface area contributed by atoms with Crippen molar-refractivity contribution >= 4 is 5.91 Å². The van der Waals surface area contributed by atoms with Crippen molar-refractivity contribution in [1.29, 1.82) is 5.26 Å². The van der Waals surface area contributed by atoms with E-state index in [4.69, 9.17) is 5.26 Å². The molecule has 1 aromatic heterocycles. The van der Waals surface area contributed by atoms with Crippen molar-refractivity contribution in [2.24, 2.45) is 0 Å². The molecule has 24 heavy (non-hydrogen) atoms. The lowest BCUT2D eigenvalue weighted by Crippen LogP contribution is -2.51. The highest BCUT2D eigenvalue weighted by Crippen LogP contribution is 2.23. The number of aromatic nitrogens is 2. The minimum atomic E-state index is -0.256. The summed E-state index contributed by atoms with van der Waals surface area (Å²) in [7, 11) is 0. The molecule has 2 N–H and O–H groups in total. The summed E-state index contributed by atoms with van der Waals surface area (Å²) in [5, 5.41) is 12.1. The molecule has 0 bridgehead atoms. The Hall–Kier alpha value is -2.65. The number of nitrogens with one attached hydrogen (secondary N) is 2. The molecule has 0 saturated carbocycles. The van der Waals surface area contributed by atoms with Crippen molar-refractivity contribution < 1.29 is 4.79 Å². The number of carbonyl (C=O) groups is 1. The van der Waals surface area contributed by atoms with E-state index in [2.05, 4.69) is 26.3 Å². The van der Waals surface area contributed by atoms with Crippen LogP contribution in [-0.4, -0.2) is 32.9 Å². The normalized spacial score (nSPS) is 17.3. The summed E-state index contributed by atoms with van der Waals surface area (Å²) in [6.45, 7) is 5.18. The van der Waals surface area contributed by atoms with Gasteiger partial charge in [0.1, 0.15) is 0 Å². The number of rotatable bonds is 4. The first-order valence-corrected chi connectivity index (χ1v) is 8.11. The van der Waals surface area contributed by atoms with Crippen LogP contribution in [0.3, 0.4) is 0 Å². The van der Waals surface area contributed by atoms with E-state index in [-0.39, 0.29) is 18.0 Å². The van der Waals surface area contributed by atoms with E-state index in [9.17, 15) is 4.79 Å². The van der Waals surface area contributed by atoms with Gasteiger partial charge in [-0.2, -0.15) is 5.26 Å². The van der Waals surface area contributed by atoms with Gasteiger partial charge in [-0.1, -0.05) is 12.1 Å². The fourth-order valence-corrected chi connectivity index (χ4v) is 3.07. The highest BCUT2D eigenvalue weighted by atomic mass is 16.2. The van der Waals surface area contributed by atoms with Crippen molar-refractivity contribution in [3.05, 3.63) is 53.1 Å². The zero-order chi connectivity index (χ0) is 17.1. The molecule has 1 aliphatic heterocycles. The minimum absolute atomic E-state index is 0.0232.